The highest BCUT2D eigenvalue weighted by Gasteiger charge is 2.36. The van der Waals surface area contributed by atoms with Gasteiger partial charge >= 0.3 is 0 Å². The number of carbonyl (C=O) groups is 6. The molecule has 0 saturated carbocycles. The summed E-state index contributed by atoms with van der Waals surface area (Å²) in [5.41, 5.74) is 10.7. The third-order valence-electron chi connectivity index (χ3n) is 14.4. The lowest BCUT2D eigenvalue weighted by Crippen LogP contribution is -2.48. The number of nitrogens with two attached hydrogens (primary N) is 2. The van der Waals surface area contributed by atoms with E-state index in [0.29, 0.717) is 101 Å². The van der Waals surface area contributed by atoms with Crippen LogP contribution < -0.4 is 27.4 Å². The number of primary amides is 1. The summed E-state index contributed by atoms with van der Waals surface area (Å²) < 4.78 is 11.3. The molecule has 0 spiro atoms. The third-order valence-corrected chi connectivity index (χ3v) is 14.4. The predicted molar refractivity (Wildman–Crippen MR) is 289 cm³/mol. The lowest BCUT2D eigenvalue weighted by atomic mass is 9.96. The highest BCUT2D eigenvalue weighted by atomic mass is 16.7. The number of ether oxygens (including phenoxy) is 2. The van der Waals surface area contributed by atoms with Gasteiger partial charge in [0.25, 0.3) is 0 Å². The first kappa shape index (κ1) is 65.6. The fraction of sp³-hybridized carbons (Fsp3) is 0.887. The topological polar surface area (TPSA) is 232 Å². The van der Waals surface area contributed by atoms with E-state index in [2.05, 4.69) is 130 Å². The Morgan fingerprint density at radius 1 is 0.658 bits per heavy atom. The second-order valence-corrected chi connectivity index (χ2v) is 22.7. The van der Waals surface area contributed by atoms with Gasteiger partial charge in [-0.2, -0.15) is 0 Å². The fourth-order valence-electron chi connectivity index (χ4n) is 10.0. The highest BCUT2D eigenvalue weighted by molar-refractivity contribution is 5.82. The van der Waals surface area contributed by atoms with Gasteiger partial charge in [-0.25, -0.2) is 0 Å². The Hall–Kier alpha value is -3.50. The van der Waals surface area contributed by atoms with Crippen LogP contribution in [0, 0.1) is 0 Å². The SMILES string of the molecule is CC(C)N1CCC(=O)N(CC2COC(C)(C)O2)CC1.CC(C)N1CCC(=O)N(CCC(N)=O)CC1.CC(C)N1CCNC(=O)C(N)C1.CC(C)N1CCNC(=O)CC1(C)C.CCC1CC(=O)NCCN1C(C)C. The maximum atomic E-state index is 12.1. The molecule has 6 heterocycles. The van der Waals surface area contributed by atoms with Crippen molar-refractivity contribution in [2.45, 2.75) is 202 Å². The van der Waals surface area contributed by atoms with Crippen LogP contribution in [0.15, 0.2) is 0 Å². The second kappa shape index (κ2) is 32.2. The van der Waals surface area contributed by atoms with E-state index in [-0.39, 0.29) is 59.5 Å². The van der Waals surface area contributed by atoms with Crippen LogP contribution in [0.2, 0.25) is 0 Å². The van der Waals surface area contributed by atoms with Crippen molar-refractivity contribution in [3.05, 3.63) is 0 Å². The molecule has 6 fully saturated rings. The molecule has 73 heavy (non-hydrogen) atoms. The number of hydrogen-bond donors (Lipinski definition) is 5. The van der Waals surface area contributed by atoms with E-state index < -0.39 is 5.79 Å². The molecule has 424 valence electrons. The molecule has 20 nitrogen and oxygen atoms in total. The van der Waals surface area contributed by atoms with Gasteiger partial charge in [0, 0.05) is 172 Å². The Balaban J connectivity index is 0.000000316. The smallest absolute Gasteiger partial charge is 0.238 e. The lowest BCUT2D eigenvalue weighted by molar-refractivity contribution is -0.145. The van der Waals surface area contributed by atoms with E-state index in [9.17, 15) is 28.8 Å². The summed E-state index contributed by atoms with van der Waals surface area (Å²) in [6.45, 7) is 44.3. The van der Waals surface area contributed by atoms with E-state index in [0.717, 1.165) is 71.9 Å². The largest absolute Gasteiger partial charge is 0.370 e. The molecule has 0 bridgehead atoms. The molecule has 20 heteroatoms. The Morgan fingerprint density at radius 3 is 1.70 bits per heavy atom. The Morgan fingerprint density at radius 2 is 1.19 bits per heavy atom. The minimum Gasteiger partial charge on any atom is -0.370 e. The van der Waals surface area contributed by atoms with E-state index in [4.69, 9.17) is 20.9 Å². The summed E-state index contributed by atoms with van der Waals surface area (Å²) in [5.74, 6) is -0.149. The molecule has 0 aromatic rings. The van der Waals surface area contributed by atoms with Gasteiger partial charge < -0.3 is 46.7 Å². The number of amides is 6. The Bertz CT molecular complexity index is 1700. The molecule has 3 unspecified atom stereocenters. The predicted octanol–water partition coefficient (Wildman–Crippen LogP) is 2.03. The molecule has 0 aliphatic carbocycles. The highest BCUT2D eigenvalue weighted by Crippen LogP contribution is 2.24. The second-order valence-electron chi connectivity index (χ2n) is 22.7. The first-order valence-electron chi connectivity index (χ1n) is 27.5. The minimum atomic E-state index is -0.510. The lowest BCUT2D eigenvalue weighted by Gasteiger charge is -2.39. The van der Waals surface area contributed by atoms with Crippen molar-refractivity contribution >= 4 is 35.4 Å². The molecule has 7 N–H and O–H groups in total. The molecule has 6 saturated heterocycles. The zero-order valence-corrected chi connectivity index (χ0v) is 48.2. The van der Waals surface area contributed by atoms with Gasteiger partial charge in [-0.3, -0.25) is 53.3 Å². The summed E-state index contributed by atoms with van der Waals surface area (Å²) in [5, 5.41) is 8.59. The van der Waals surface area contributed by atoms with Crippen LogP contribution in [0.3, 0.4) is 0 Å². The van der Waals surface area contributed by atoms with Gasteiger partial charge in [0.05, 0.1) is 12.6 Å². The van der Waals surface area contributed by atoms with Gasteiger partial charge in [0.1, 0.15) is 6.10 Å². The summed E-state index contributed by atoms with van der Waals surface area (Å²) in [6, 6.07) is 2.53. The first-order chi connectivity index (χ1) is 34.1. The number of hydrogen-bond acceptors (Lipinski definition) is 14. The van der Waals surface area contributed by atoms with Gasteiger partial charge in [0.2, 0.25) is 35.4 Å². The Labute approximate surface area is 441 Å². The molecular formula is C53H104N12O8. The zero-order chi connectivity index (χ0) is 55.2. The van der Waals surface area contributed by atoms with E-state index in [1.54, 1.807) is 4.90 Å². The summed E-state index contributed by atoms with van der Waals surface area (Å²) in [6.07, 6.45) is 3.73. The molecule has 6 aliphatic rings. The molecule has 0 aromatic carbocycles. The van der Waals surface area contributed by atoms with Crippen molar-refractivity contribution < 1.29 is 38.2 Å². The van der Waals surface area contributed by atoms with Crippen LogP contribution in [-0.4, -0.2) is 234 Å². The van der Waals surface area contributed by atoms with Gasteiger partial charge in [-0.05, 0) is 103 Å². The minimum absolute atomic E-state index is 0.00421. The first-order valence-corrected chi connectivity index (χ1v) is 27.5. The monoisotopic (exact) mass is 1040 g/mol. The van der Waals surface area contributed by atoms with Crippen LogP contribution in [0.5, 0.6) is 0 Å². The standard InChI is InChI=1S/C14H26N2O3.C11H21N3O2.2C10H20N2O.C8H17N3O/c1-11(2)15-6-5-13(17)16(8-7-15)9-12-10-18-14(3,4)19-12;1-9(2)13-6-4-11(16)14(8-7-13)5-3-10(12)15;1-8(2)12-6-5-11-9(13)7-10(12,3)4;1-4-9-7-10(13)11-5-6-12(9)8(2)3;1-6(2)11-4-3-10-8(12)7(9)5-11/h11-12H,5-10H2,1-4H3;9H,3-8H2,1-2H3,(H2,12,15);8H,5-7H2,1-4H3,(H,11,13);8-9H,4-7H2,1-3H3,(H,11,13);6-7H,3-5,9H2,1-2H3,(H,10,12). The van der Waals surface area contributed by atoms with E-state index in [1.807, 2.05) is 18.7 Å². The third kappa shape index (κ3) is 24.4. The number of rotatable bonds is 11. The maximum absolute atomic E-state index is 12.1. The van der Waals surface area contributed by atoms with Crippen molar-refractivity contribution in [2.75, 3.05) is 105 Å². The molecule has 6 aliphatic heterocycles. The van der Waals surface area contributed by atoms with Gasteiger partial charge in [0.15, 0.2) is 5.79 Å². The molecule has 3 atom stereocenters. The van der Waals surface area contributed by atoms with Gasteiger partial charge in [-0.1, -0.05) is 6.92 Å². The van der Waals surface area contributed by atoms with Crippen LogP contribution in [0.25, 0.3) is 0 Å². The summed E-state index contributed by atoms with van der Waals surface area (Å²) in [4.78, 5) is 83.6. The van der Waals surface area contributed by atoms with Crippen molar-refractivity contribution in [3.8, 4) is 0 Å². The summed E-state index contributed by atoms with van der Waals surface area (Å²) >= 11 is 0. The quantitative estimate of drug-likeness (QED) is 0.200. The van der Waals surface area contributed by atoms with Crippen molar-refractivity contribution in [1.29, 1.82) is 0 Å². The fourth-order valence-corrected chi connectivity index (χ4v) is 10.0. The number of carbonyl (C=O) groups excluding carboxylic acids is 6. The average molecular weight is 1040 g/mol. The van der Waals surface area contributed by atoms with Crippen LogP contribution >= 0.6 is 0 Å². The molecule has 0 aromatic heterocycles. The maximum Gasteiger partial charge on any atom is 0.238 e. The molecule has 6 amide bonds. The summed E-state index contributed by atoms with van der Waals surface area (Å²) in [7, 11) is 0. The average Bonchev–Trinajstić information content (AvgIpc) is 3.62. The van der Waals surface area contributed by atoms with Crippen molar-refractivity contribution in [2.24, 2.45) is 11.5 Å². The molecule has 6 rings (SSSR count). The van der Waals surface area contributed by atoms with E-state index in [1.165, 1.54) is 0 Å². The molecular weight excluding hydrogens is 933 g/mol. The number of nitrogens with one attached hydrogen (secondary N) is 3. The van der Waals surface area contributed by atoms with Crippen LogP contribution in [0.4, 0.5) is 0 Å². The van der Waals surface area contributed by atoms with Crippen molar-refractivity contribution in [1.82, 2.24) is 50.2 Å². The van der Waals surface area contributed by atoms with Crippen LogP contribution in [-0.2, 0) is 38.2 Å². The zero-order valence-electron chi connectivity index (χ0n) is 48.2. The van der Waals surface area contributed by atoms with Crippen LogP contribution in [0.1, 0.15) is 142 Å². The van der Waals surface area contributed by atoms with Crippen molar-refractivity contribution in [3.63, 3.8) is 0 Å². The van der Waals surface area contributed by atoms with E-state index >= 15 is 0 Å². The number of nitrogens with zero attached hydrogens (tertiary/aromatic N) is 7. The molecule has 0 radical (unpaired) electrons. The normalized spacial score (nSPS) is 25.1. The van der Waals surface area contributed by atoms with Gasteiger partial charge in [-0.15, -0.1) is 0 Å². The Kier molecular flexibility index (Phi) is 28.9.